The van der Waals surface area contributed by atoms with Crippen molar-refractivity contribution in [3.05, 3.63) is 94.0 Å². The fourth-order valence-electron chi connectivity index (χ4n) is 4.16. The predicted molar refractivity (Wildman–Crippen MR) is 131 cm³/mol. The highest BCUT2D eigenvalue weighted by molar-refractivity contribution is 6.09. The lowest BCUT2D eigenvalue weighted by Crippen LogP contribution is -2.37. The van der Waals surface area contributed by atoms with Crippen molar-refractivity contribution in [3.8, 4) is 11.5 Å². The van der Waals surface area contributed by atoms with Crippen LogP contribution in [0, 0.1) is 16.0 Å². The fourth-order valence-corrected chi connectivity index (χ4v) is 4.16. The number of rotatable bonds is 8. The summed E-state index contributed by atoms with van der Waals surface area (Å²) in [7, 11) is 0. The highest BCUT2D eigenvalue weighted by atomic mass is 16.6. The minimum Gasteiger partial charge on any atom is -0.466 e. The minimum absolute atomic E-state index is 0.0178. The van der Waals surface area contributed by atoms with Gasteiger partial charge in [0.05, 0.1) is 17.4 Å². The average molecular weight is 475 g/mol. The zero-order valence-corrected chi connectivity index (χ0v) is 19.4. The van der Waals surface area contributed by atoms with Crippen molar-refractivity contribution in [1.82, 2.24) is 0 Å². The Morgan fingerprint density at radius 3 is 2.20 bits per heavy atom. The van der Waals surface area contributed by atoms with Crippen LogP contribution in [0.15, 0.2) is 72.8 Å². The molecule has 1 aliphatic heterocycles. The molecule has 0 unspecified atom stereocenters. The number of anilines is 1. The Morgan fingerprint density at radius 2 is 1.57 bits per heavy atom. The standard InChI is InChI=1S/C27H26N2O6/c1-2-34-27(31)21-14-16-28(17-15-21)25-18-23(12-13-24(25)29(32)33)35-22-10-8-20(9-11-22)26(30)19-6-4-3-5-7-19/h3-13,18,21H,2,14-17H2,1H3. The number of hydrogen-bond acceptors (Lipinski definition) is 7. The van der Waals surface area contributed by atoms with Gasteiger partial charge in [-0.1, -0.05) is 30.3 Å². The number of nitro benzene ring substituents is 1. The van der Waals surface area contributed by atoms with E-state index in [0.29, 0.717) is 60.9 Å². The van der Waals surface area contributed by atoms with Gasteiger partial charge in [-0.2, -0.15) is 0 Å². The SMILES string of the molecule is CCOC(=O)C1CCN(c2cc(Oc3ccc(C(=O)c4ccccc4)cc3)ccc2[N+](=O)[O-])CC1. The molecular weight excluding hydrogens is 448 g/mol. The number of nitrogens with zero attached hydrogens (tertiary/aromatic N) is 2. The molecule has 180 valence electrons. The summed E-state index contributed by atoms with van der Waals surface area (Å²) in [6.45, 7) is 3.12. The monoisotopic (exact) mass is 474 g/mol. The molecule has 3 aromatic rings. The van der Waals surface area contributed by atoms with E-state index in [-0.39, 0.29) is 23.4 Å². The lowest BCUT2D eigenvalue weighted by molar-refractivity contribution is -0.384. The van der Waals surface area contributed by atoms with Crippen molar-refractivity contribution in [2.75, 3.05) is 24.6 Å². The summed E-state index contributed by atoms with van der Waals surface area (Å²) in [5.74, 6) is 0.464. The van der Waals surface area contributed by atoms with E-state index in [1.54, 1.807) is 55.5 Å². The molecule has 0 N–H and O–H groups in total. The molecule has 0 spiro atoms. The number of hydrogen-bond donors (Lipinski definition) is 0. The zero-order chi connectivity index (χ0) is 24.8. The topological polar surface area (TPSA) is 99.0 Å². The number of ketones is 1. The van der Waals surface area contributed by atoms with E-state index >= 15 is 0 Å². The molecule has 1 fully saturated rings. The molecule has 35 heavy (non-hydrogen) atoms. The van der Waals surface area contributed by atoms with Crippen molar-refractivity contribution in [2.24, 2.45) is 5.92 Å². The Morgan fingerprint density at radius 1 is 0.943 bits per heavy atom. The van der Waals surface area contributed by atoms with E-state index in [2.05, 4.69) is 0 Å². The molecule has 0 saturated carbocycles. The summed E-state index contributed by atoms with van der Waals surface area (Å²) >= 11 is 0. The maximum Gasteiger partial charge on any atom is 0.309 e. The van der Waals surface area contributed by atoms with Crippen LogP contribution in [0.3, 0.4) is 0 Å². The number of ether oxygens (including phenoxy) is 2. The van der Waals surface area contributed by atoms with E-state index in [1.165, 1.54) is 6.07 Å². The minimum atomic E-state index is -0.416. The zero-order valence-electron chi connectivity index (χ0n) is 19.4. The first-order chi connectivity index (χ1) is 17.0. The Balaban J connectivity index is 1.48. The number of piperidine rings is 1. The molecule has 0 amide bonds. The van der Waals surface area contributed by atoms with Gasteiger partial charge >= 0.3 is 5.97 Å². The third kappa shape index (κ3) is 5.66. The van der Waals surface area contributed by atoms with Crippen molar-refractivity contribution in [3.63, 3.8) is 0 Å². The molecule has 1 aliphatic rings. The Bertz CT molecular complexity index is 1200. The Labute approximate surface area is 203 Å². The molecule has 8 nitrogen and oxygen atoms in total. The third-order valence-corrected chi connectivity index (χ3v) is 5.99. The van der Waals surface area contributed by atoms with Gasteiger partial charge in [-0.25, -0.2) is 0 Å². The molecule has 0 radical (unpaired) electrons. The van der Waals surface area contributed by atoms with Gasteiger partial charge in [0.1, 0.15) is 17.2 Å². The van der Waals surface area contributed by atoms with Gasteiger partial charge < -0.3 is 14.4 Å². The third-order valence-electron chi connectivity index (χ3n) is 5.99. The summed E-state index contributed by atoms with van der Waals surface area (Å²) in [5.41, 5.74) is 1.58. The number of esters is 1. The Hall–Kier alpha value is -4.20. The maximum atomic E-state index is 12.6. The van der Waals surface area contributed by atoms with E-state index in [1.807, 2.05) is 23.1 Å². The van der Waals surface area contributed by atoms with E-state index in [9.17, 15) is 19.7 Å². The summed E-state index contributed by atoms with van der Waals surface area (Å²) in [5, 5.41) is 11.6. The van der Waals surface area contributed by atoms with Crippen LogP contribution in [0.25, 0.3) is 0 Å². The fraction of sp³-hybridized carbons (Fsp3) is 0.259. The second-order valence-electron chi connectivity index (χ2n) is 8.24. The molecule has 0 atom stereocenters. The van der Waals surface area contributed by atoms with Gasteiger partial charge in [-0.05, 0) is 50.1 Å². The van der Waals surface area contributed by atoms with Crippen LogP contribution in [0.1, 0.15) is 35.7 Å². The average Bonchev–Trinajstić information content (AvgIpc) is 2.89. The highest BCUT2D eigenvalue weighted by Crippen LogP contribution is 2.36. The summed E-state index contributed by atoms with van der Waals surface area (Å²) < 4.78 is 11.1. The van der Waals surface area contributed by atoms with E-state index < -0.39 is 4.92 Å². The molecule has 0 aliphatic carbocycles. The van der Waals surface area contributed by atoms with Crippen molar-refractivity contribution in [1.29, 1.82) is 0 Å². The van der Waals surface area contributed by atoms with Gasteiger partial charge in [0.15, 0.2) is 5.78 Å². The number of nitro groups is 1. The predicted octanol–water partition coefficient (Wildman–Crippen LogP) is 5.40. The quantitative estimate of drug-likeness (QED) is 0.187. The summed E-state index contributed by atoms with van der Waals surface area (Å²) in [6, 6.07) is 20.4. The van der Waals surface area contributed by atoms with E-state index in [4.69, 9.17) is 9.47 Å². The molecule has 0 bridgehead atoms. The van der Waals surface area contributed by atoms with Gasteiger partial charge in [-0.3, -0.25) is 19.7 Å². The van der Waals surface area contributed by atoms with Crippen molar-refractivity contribution < 1.29 is 24.0 Å². The van der Waals surface area contributed by atoms with Crippen LogP contribution >= 0.6 is 0 Å². The number of carbonyl (C=O) groups is 2. The lowest BCUT2D eigenvalue weighted by atomic mass is 9.96. The first-order valence-corrected chi connectivity index (χ1v) is 11.5. The number of benzene rings is 3. The molecule has 4 rings (SSSR count). The maximum absolute atomic E-state index is 12.6. The molecule has 3 aromatic carbocycles. The molecule has 1 saturated heterocycles. The molecule has 8 heteroatoms. The van der Waals surface area contributed by atoms with Gasteiger partial charge in [0.25, 0.3) is 5.69 Å². The largest absolute Gasteiger partial charge is 0.466 e. The van der Waals surface area contributed by atoms with Crippen LogP contribution < -0.4 is 9.64 Å². The molecule has 0 aromatic heterocycles. The smallest absolute Gasteiger partial charge is 0.309 e. The molecular formula is C27H26N2O6. The lowest BCUT2D eigenvalue weighted by Gasteiger charge is -2.32. The van der Waals surface area contributed by atoms with Crippen LogP contribution in [-0.2, 0) is 9.53 Å². The first kappa shape index (κ1) is 23.9. The second kappa shape index (κ2) is 10.8. The van der Waals surface area contributed by atoms with Gasteiger partial charge in [-0.15, -0.1) is 0 Å². The van der Waals surface area contributed by atoms with Crippen LogP contribution in [0.5, 0.6) is 11.5 Å². The number of carbonyl (C=O) groups excluding carboxylic acids is 2. The van der Waals surface area contributed by atoms with Crippen molar-refractivity contribution >= 4 is 23.1 Å². The highest BCUT2D eigenvalue weighted by Gasteiger charge is 2.29. The summed E-state index contributed by atoms with van der Waals surface area (Å²) in [6.07, 6.45) is 1.13. The van der Waals surface area contributed by atoms with Crippen molar-refractivity contribution in [2.45, 2.75) is 19.8 Å². The Kier molecular flexibility index (Phi) is 7.40. The molecule has 1 heterocycles. The normalized spacial score (nSPS) is 13.8. The van der Waals surface area contributed by atoms with E-state index in [0.717, 1.165) is 0 Å². The van der Waals surface area contributed by atoms with Crippen LogP contribution in [0.2, 0.25) is 0 Å². The first-order valence-electron chi connectivity index (χ1n) is 11.5. The van der Waals surface area contributed by atoms with Crippen LogP contribution in [0.4, 0.5) is 11.4 Å². The van der Waals surface area contributed by atoms with Crippen LogP contribution in [-0.4, -0.2) is 36.4 Å². The van der Waals surface area contributed by atoms with Gasteiger partial charge in [0.2, 0.25) is 0 Å². The second-order valence-corrected chi connectivity index (χ2v) is 8.24. The summed E-state index contributed by atoms with van der Waals surface area (Å²) in [4.78, 5) is 37.8. The van der Waals surface area contributed by atoms with Gasteiger partial charge in [0, 0.05) is 36.3 Å².